The Hall–Kier alpha value is -0.560. The summed E-state index contributed by atoms with van der Waals surface area (Å²) in [5, 5.41) is 20.6. The van der Waals surface area contributed by atoms with Crippen molar-refractivity contribution in [2.24, 2.45) is 0 Å². The molecule has 6 heteroatoms. The van der Waals surface area contributed by atoms with Gasteiger partial charge in [-0.1, -0.05) is 6.07 Å². The Balaban J connectivity index is 1.80. The molecule has 1 amide bonds. The number of thiophene rings is 1. The number of thioether (sulfide) groups is 1. The minimum atomic E-state index is -0.796. The topological polar surface area (TPSA) is 60.8 Å². The van der Waals surface area contributed by atoms with Gasteiger partial charge in [0.25, 0.3) is 0 Å². The summed E-state index contributed by atoms with van der Waals surface area (Å²) in [6, 6.07) is 3.91. The van der Waals surface area contributed by atoms with E-state index in [9.17, 15) is 15.0 Å². The molecule has 0 aromatic carbocycles. The summed E-state index contributed by atoms with van der Waals surface area (Å²) in [6.07, 6.45) is -1.59. The molecule has 1 aliphatic heterocycles. The maximum Gasteiger partial charge on any atom is 0.233 e. The van der Waals surface area contributed by atoms with Gasteiger partial charge in [-0.25, -0.2) is 0 Å². The second-order valence-corrected chi connectivity index (χ2v) is 5.88. The second-order valence-electron chi connectivity index (χ2n) is 3.65. The zero-order valence-electron chi connectivity index (χ0n) is 8.57. The van der Waals surface area contributed by atoms with Crippen molar-refractivity contribution >= 4 is 29.0 Å². The van der Waals surface area contributed by atoms with Gasteiger partial charge in [0.1, 0.15) is 0 Å². The Bertz CT molecular complexity index is 345. The molecule has 0 spiro atoms. The second kappa shape index (κ2) is 5.18. The molecule has 0 aliphatic carbocycles. The molecule has 1 aliphatic rings. The average molecular weight is 259 g/mol. The summed E-state index contributed by atoms with van der Waals surface area (Å²) in [5.74, 6) is 0.328. The third kappa shape index (κ3) is 2.76. The fourth-order valence-corrected chi connectivity index (χ4v) is 3.23. The number of likely N-dealkylation sites (tertiary alicyclic amines) is 1. The molecule has 0 bridgehead atoms. The van der Waals surface area contributed by atoms with Gasteiger partial charge in [-0.15, -0.1) is 23.1 Å². The van der Waals surface area contributed by atoms with Gasteiger partial charge >= 0.3 is 0 Å². The molecule has 2 rings (SSSR count). The van der Waals surface area contributed by atoms with Crippen LogP contribution < -0.4 is 0 Å². The molecule has 2 atom stereocenters. The van der Waals surface area contributed by atoms with E-state index >= 15 is 0 Å². The number of hydrogen-bond donors (Lipinski definition) is 2. The quantitative estimate of drug-likeness (QED) is 0.772. The molecule has 2 N–H and O–H groups in total. The summed E-state index contributed by atoms with van der Waals surface area (Å²) >= 11 is 3.09. The van der Waals surface area contributed by atoms with Crippen molar-refractivity contribution < 1.29 is 15.0 Å². The number of carbonyl (C=O) groups is 1. The summed E-state index contributed by atoms with van der Waals surface area (Å²) < 4.78 is 1.11. The highest BCUT2D eigenvalue weighted by Crippen LogP contribution is 2.24. The Morgan fingerprint density at radius 2 is 2.19 bits per heavy atom. The molecule has 1 saturated heterocycles. The fourth-order valence-electron chi connectivity index (χ4n) is 1.54. The van der Waals surface area contributed by atoms with Crippen molar-refractivity contribution in [3.05, 3.63) is 17.5 Å². The fraction of sp³-hybridized carbons (Fsp3) is 0.500. The number of aliphatic hydroxyl groups is 2. The smallest absolute Gasteiger partial charge is 0.233 e. The van der Waals surface area contributed by atoms with Gasteiger partial charge in [0.15, 0.2) is 0 Å². The minimum absolute atomic E-state index is 0.0333. The first-order valence-electron chi connectivity index (χ1n) is 4.97. The first-order valence-corrected chi connectivity index (χ1v) is 6.83. The van der Waals surface area contributed by atoms with E-state index in [0.29, 0.717) is 5.75 Å². The van der Waals surface area contributed by atoms with Crippen LogP contribution in [0.2, 0.25) is 0 Å². The Morgan fingerprint density at radius 3 is 2.75 bits per heavy atom. The van der Waals surface area contributed by atoms with E-state index in [4.69, 9.17) is 0 Å². The molecule has 4 nitrogen and oxygen atoms in total. The third-order valence-corrected chi connectivity index (χ3v) is 4.56. The Labute approximate surface area is 102 Å². The molecular weight excluding hydrogens is 246 g/mol. The monoisotopic (exact) mass is 259 g/mol. The summed E-state index contributed by atoms with van der Waals surface area (Å²) in [4.78, 5) is 13.2. The zero-order chi connectivity index (χ0) is 11.5. The molecule has 1 aromatic rings. The van der Waals surface area contributed by atoms with Gasteiger partial charge in [0.05, 0.1) is 22.2 Å². The number of β-amino-alcohol motifs (C(OH)–C–C–N with tert-alkyl or cyclic N) is 2. The lowest BCUT2D eigenvalue weighted by molar-refractivity contribution is -0.127. The summed E-state index contributed by atoms with van der Waals surface area (Å²) in [7, 11) is 0. The van der Waals surface area contributed by atoms with Crippen LogP contribution in [0, 0.1) is 0 Å². The van der Waals surface area contributed by atoms with E-state index in [0.717, 1.165) is 4.21 Å². The number of hydrogen-bond acceptors (Lipinski definition) is 5. The molecule has 2 heterocycles. The van der Waals surface area contributed by atoms with Crippen LogP contribution in [0.5, 0.6) is 0 Å². The van der Waals surface area contributed by atoms with Gasteiger partial charge in [-0.3, -0.25) is 4.79 Å². The maximum atomic E-state index is 11.7. The van der Waals surface area contributed by atoms with E-state index in [2.05, 4.69) is 0 Å². The molecule has 0 saturated carbocycles. The van der Waals surface area contributed by atoms with Crippen molar-refractivity contribution in [3.63, 3.8) is 0 Å². The molecule has 0 radical (unpaired) electrons. The van der Waals surface area contributed by atoms with Gasteiger partial charge in [-0.05, 0) is 11.4 Å². The van der Waals surface area contributed by atoms with Crippen LogP contribution in [0.25, 0.3) is 0 Å². The molecular formula is C10H13NO3S2. The van der Waals surface area contributed by atoms with Crippen LogP contribution in [0.15, 0.2) is 21.7 Å². The van der Waals surface area contributed by atoms with Gasteiger partial charge in [-0.2, -0.15) is 0 Å². The minimum Gasteiger partial charge on any atom is -0.388 e. The van der Waals surface area contributed by atoms with Crippen molar-refractivity contribution in [2.45, 2.75) is 16.4 Å². The highest BCUT2D eigenvalue weighted by atomic mass is 32.2. The van der Waals surface area contributed by atoms with Crippen LogP contribution in [-0.4, -0.2) is 52.1 Å². The lowest BCUT2D eigenvalue weighted by atomic mass is 10.3. The van der Waals surface area contributed by atoms with Crippen LogP contribution in [0.1, 0.15) is 0 Å². The van der Waals surface area contributed by atoms with Crippen molar-refractivity contribution in [2.75, 3.05) is 18.8 Å². The first-order chi connectivity index (χ1) is 7.66. The highest BCUT2D eigenvalue weighted by molar-refractivity contribution is 8.01. The van der Waals surface area contributed by atoms with Crippen LogP contribution in [0.4, 0.5) is 0 Å². The lowest BCUT2D eigenvalue weighted by Crippen LogP contribution is -2.31. The van der Waals surface area contributed by atoms with Crippen molar-refractivity contribution in [1.82, 2.24) is 4.90 Å². The number of nitrogens with zero attached hydrogens (tertiary/aromatic N) is 1. The zero-order valence-corrected chi connectivity index (χ0v) is 10.2. The Morgan fingerprint density at radius 1 is 1.50 bits per heavy atom. The molecule has 1 fully saturated rings. The lowest BCUT2D eigenvalue weighted by Gasteiger charge is -2.14. The standard InChI is InChI=1S/C10H13NO3S2/c12-7-4-11(5-8(7)13)9(14)6-16-10-2-1-3-15-10/h1-3,7-8,12-13H,4-6H2. The van der Waals surface area contributed by atoms with E-state index < -0.39 is 12.2 Å². The van der Waals surface area contributed by atoms with Gasteiger partial charge < -0.3 is 15.1 Å². The molecule has 2 unspecified atom stereocenters. The average Bonchev–Trinajstić information content (AvgIpc) is 2.86. The van der Waals surface area contributed by atoms with Crippen LogP contribution in [-0.2, 0) is 4.79 Å². The van der Waals surface area contributed by atoms with Crippen molar-refractivity contribution in [3.8, 4) is 0 Å². The van der Waals surface area contributed by atoms with E-state index in [1.54, 1.807) is 11.3 Å². The van der Waals surface area contributed by atoms with Crippen LogP contribution in [0.3, 0.4) is 0 Å². The Kier molecular flexibility index (Phi) is 3.86. The number of carbonyl (C=O) groups excluding carboxylic acids is 1. The van der Waals surface area contributed by atoms with Crippen molar-refractivity contribution in [1.29, 1.82) is 0 Å². The SMILES string of the molecule is O=C(CSc1cccs1)N1CC(O)C(O)C1. The van der Waals surface area contributed by atoms with E-state index in [1.807, 2.05) is 17.5 Å². The predicted molar refractivity (Wildman–Crippen MR) is 63.6 cm³/mol. The third-order valence-electron chi connectivity index (χ3n) is 2.44. The number of rotatable bonds is 3. The largest absolute Gasteiger partial charge is 0.388 e. The van der Waals surface area contributed by atoms with Crippen LogP contribution >= 0.6 is 23.1 Å². The normalized spacial score (nSPS) is 25.0. The molecule has 88 valence electrons. The highest BCUT2D eigenvalue weighted by Gasteiger charge is 2.32. The number of aliphatic hydroxyl groups excluding tert-OH is 2. The summed E-state index contributed by atoms with van der Waals surface area (Å²) in [5.41, 5.74) is 0. The predicted octanol–water partition coefficient (Wildman–Crippen LogP) is 0.404. The number of amides is 1. The summed E-state index contributed by atoms with van der Waals surface area (Å²) in [6.45, 7) is 0.482. The molecule has 16 heavy (non-hydrogen) atoms. The van der Waals surface area contributed by atoms with E-state index in [1.165, 1.54) is 16.7 Å². The van der Waals surface area contributed by atoms with Gasteiger partial charge in [0.2, 0.25) is 5.91 Å². The molecule has 1 aromatic heterocycles. The van der Waals surface area contributed by atoms with E-state index in [-0.39, 0.29) is 19.0 Å². The maximum absolute atomic E-state index is 11.7. The first kappa shape index (κ1) is 11.9. The van der Waals surface area contributed by atoms with Gasteiger partial charge in [0, 0.05) is 13.1 Å².